The van der Waals surface area contributed by atoms with Crippen LogP contribution in [0.5, 0.6) is 17.2 Å². The van der Waals surface area contributed by atoms with E-state index >= 15 is 0 Å². The number of ether oxygens (including phenoxy) is 3. The van der Waals surface area contributed by atoms with Crippen LogP contribution in [-0.2, 0) is 4.79 Å². The van der Waals surface area contributed by atoms with Gasteiger partial charge in [-0.3, -0.25) is 4.79 Å². The lowest BCUT2D eigenvalue weighted by atomic mass is 10.3. The van der Waals surface area contributed by atoms with Crippen molar-refractivity contribution in [3.8, 4) is 17.2 Å². The normalized spacial score (nSPS) is 13.3. The molecule has 126 valence electrons. The zero-order valence-electron chi connectivity index (χ0n) is 12.3. The molecule has 1 aliphatic heterocycles. The van der Waals surface area contributed by atoms with Gasteiger partial charge < -0.3 is 35.1 Å². The summed E-state index contributed by atoms with van der Waals surface area (Å²) in [4.78, 5) is 21.6. The van der Waals surface area contributed by atoms with Crippen LogP contribution in [0.1, 0.15) is 6.42 Å². The second-order valence-corrected chi connectivity index (χ2v) is 4.76. The van der Waals surface area contributed by atoms with Gasteiger partial charge in [-0.05, 0) is 12.1 Å². The molecule has 2 amide bonds. The van der Waals surface area contributed by atoms with E-state index in [0.717, 1.165) is 0 Å². The van der Waals surface area contributed by atoms with Crippen LogP contribution in [0.15, 0.2) is 18.2 Å². The summed E-state index contributed by atoms with van der Waals surface area (Å²) < 4.78 is 15.8. The molecule has 0 bridgehead atoms. The molecule has 1 atom stereocenters. The highest BCUT2D eigenvalue weighted by Crippen LogP contribution is 2.35. The molecule has 0 aliphatic carbocycles. The van der Waals surface area contributed by atoms with E-state index in [0.29, 0.717) is 17.2 Å². The first-order chi connectivity index (χ1) is 11.0. The van der Waals surface area contributed by atoms with Gasteiger partial charge in [0, 0.05) is 19.2 Å². The first-order valence-corrected chi connectivity index (χ1v) is 6.98. The van der Waals surface area contributed by atoms with Crippen molar-refractivity contribution in [3.63, 3.8) is 0 Å². The Kier molecular flexibility index (Phi) is 5.87. The minimum Gasteiger partial charge on any atom is -0.491 e. The summed E-state index contributed by atoms with van der Waals surface area (Å²) in [5.74, 6) is 0.729. The number of rotatable bonds is 8. The van der Waals surface area contributed by atoms with E-state index in [1.165, 1.54) is 0 Å². The summed E-state index contributed by atoms with van der Waals surface area (Å²) in [6.07, 6.45) is -1.07. The van der Waals surface area contributed by atoms with E-state index in [2.05, 4.69) is 10.6 Å². The largest absolute Gasteiger partial charge is 0.491 e. The Morgan fingerprint density at radius 2 is 2.04 bits per heavy atom. The van der Waals surface area contributed by atoms with Crippen LogP contribution in [0.2, 0.25) is 0 Å². The maximum Gasteiger partial charge on any atom is 0.314 e. The average Bonchev–Trinajstić information content (AvgIpc) is 2.98. The topological polar surface area (TPSA) is 126 Å². The Hall–Kier alpha value is -2.68. The second-order valence-electron chi connectivity index (χ2n) is 4.76. The number of amides is 2. The molecule has 2 rings (SSSR count). The summed E-state index contributed by atoms with van der Waals surface area (Å²) in [5.41, 5.74) is 0. The Balaban J connectivity index is 1.64. The number of aliphatic carboxylic acids is 1. The van der Waals surface area contributed by atoms with Crippen LogP contribution in [0.4, 0.5) is 4.79 Å². The number of carboxylic acids is 1. The Labute approximate surface area is 132 Å². The van der Waals surface area contributed by atoms with Crippen LogP contribution in [0.25, 0.3) is 0 Å². The molecule has 0 fully saturated rings. The van der Waals surface area contributed by atoms with Gasteiger partial charge in [0.05, 0.1) is 6.42 Å². The minimum absolute atomic E-state index is 0.0188. The quantitative estimate of drug-likeness (QED) is 0.526. The van der Waals surface area contributed by atoms with Gasteiger partial charge in [-0.1, -0.05) is 0 Å². The second kappa shape index (κ2) is 8.08. The van der Waals surface area contributed by atoms with Gasteiger partial charge >= 0.3 is 12.0 Å². The predicted octanol–water partition coefficient (Wildman–Crippen LogP) is -0.0711. The molecule has 23 heavy (non-hydrogen) atoms. The monoisotopic (exact) mass is 326 g/mol. The highest BCUT2D eigenvalue weighted by Gasteiger charge is 2.14. The number of fused-ring (bicyclic) bond motifs is 1. The molecule has 1 aromatic rings. The van der Waals surface area contributed by atoms with Crippen molar-refractivity contribution in [2.24, 2.45) is 0 Å². The summed E-state index contributed by atoms with van der Waals surface area (Å²) in [7, 11) is 0. The lowest BCUT2D eigenvalue weighted by Gasteiger charge is -2.14. The minimum atomic E-state index is -0.998. The lowest BCUT2D eigenvalue weighted by molar-refractivity contribution is -0.136. The fraction of sp³-hybridized carbons (Fsp3) is 0.429. The third kappa shape index (κ3) is 5.55. The number of carboxylic acid groups (broad SMARTS) is 1. The van der Waals surface area contributed by atoms with Crippen molar-refractivity contribution in [2.45, 2.75) is 12.5 Å². The highest BCUT2D eigenvalue weighted by molar-refractivity contribution is 5.74. The number of hydrogen-bond donors (Lipinski definition) is 4. The van der Waals surface area contributed by atoms with Crippen molar-refractivity contribution < 1.29 is 34.0 Å². The van der Waals surface area contributed by atoms with E-state index in [4.69, 9.17) is 19.3 Å². The molecule has 0 spiro atoms. The summed E-state index contributed by atoms with van der Waals surface area (Å²) in [6, 6.07) is 4.50. The van der Waals surface area contributed by atoms with E-state index in [-0.39, 0.29) is 32.9 Å². The molecule has 9 nitrogen and oxygen atoms in total. The number of benzene rings is 1. The molecule has 0 aromatic heterocycles. The molecule has 0 saturated heterocycles. The molecule has 1 aromatic carbocycles. The van der Waals surface area contributed by atoms with E-state index in [1.54, 1.807) is 18.2 Å². The third-order valence-electron chi connectivity index (χ3n) is 2.91. The fourth-order valence-electron chi connectivity index (χ4n) is 1.77. The number of carbonyl (C=O) groups is 2. The van der Waals surface area contributed by atoms with Gasteiger partial charge in [0.2, 0.25) is 6.79 Å². The van der Waals surface area contributed by atoms with Crippen LogP contribution in [0.3, 0.4) is 0 Å². The number of aliphatic hydroxyl groups is 1. The third-order valence-corrected chi connectivity index (χ3v) is 2.91. The smallest absolute Gasteiger partial charge is 0.314 e. The van der Waals surface area contributed by atoms with Crippen molar-refractivity contribution in [3.05, 3.63) is 18.2 Å². The molecule has 1 heterocycles. The molecule has 1 aliphatic rings. The molecule has 1 unspecified atom stereocenters. The molecular weight excluding hydrogens is 308 g/mol. The van der Waals surface area contributed by atoms with Gasteiger partial charge in [0.15, 0.2) is 11.5 Å². The van der Waals surface area contributed by atoms with Crippen molar-refractivity contribution in [1.82, 2.24) is 10.6 Å². The molecule has 9 heteroatoms. The average molecular weight is 326 g/mol. The van der Waals surface area contributed by atoms with Gasteiger partial charge in [-0.2, -0.15) is 0 Å². The van der Waals surface area contributed by atoms with Gasteiger partial charge in [0.25, 0.3) is 0 Å². The highest BCUT2D eigenvalue weighted by atomic mass is 16.7. The zero-order chi connectivity index (χ0) is 16.7. The van der Waals surface area contributed by atoms with Crippen molar-refractivity contribution in [2.75, 3.05) is 26.5 Å². The first kappa shape index (κ1) is 16.7. The number of aliphatic hydroxyl groups excluding tert-OH is 1. The Bertz CT molecular complexity index is 564. The van der Waals surface area contributed by atoms with Gasteiger partial charge in [0.1, 0.15) is 18.5 Å². The van der Waals surface area contributed by atoms with Gasteiger partial charge in [-0.15, -0.1) is 0 Å². The standard InChI is InChI=1S/C14H18N2O7/c17-9(6-16-14(20)15-4-3-13(18)19)7-21-10-1-2-11-12(5-10)23-8-22-11/h1-2,5,9,17H,3-4,6-8H2,(H,18,19)(H2,15,16,20). The van der Waals surface area contributed by atoms with Crippen LogP contribution < -0.4 is 24.8 Å². The maximum atomic E-state index is 11.3. The van der Waals surface area contributed by atoms with Crippen LogP contribution in [-0.4, -0.2) is 54.8 Å². The van der Waals surface area contributed by atoms with Crippen LogP contribution in [0, 0.1) is 0 Å². The fourth-order valence-corrected chi connectivity index (χ4v) is 1.77. The summed E-state index contributed by atoms with van der Waals surface area (Å²) in [5, 5.41) is 23.0. The van der Waals surface area contributed by atoms with E-state index in [1.807, 2.05) is 0 Å². The SMILES string of the molecule is O=C(O)CCNC(=O)NCC(O)COc1ccc2c(c1)OCO2. The van der Waals surface area contributed by atoms with Gasteiger partial charge in [-0.25, -0.2) is 4.79 Å². The maximum absolute atomic E-state index is 11.3. The molecule has 0 radical (unpaired) electrons. The van der Waals surface area contributed by atoms with E-state index in [9.17, 15) is 14.7 Å². The van der Waals surface area contributed by atoms with E-state index < -0.39 is 18.1 Å². The number of nitrogens with one attached hydrogen (secondary N) is 2. The Morgan fingerprint density at radius 3 is 2.83 bits per heavy atom. The number of hydrogen-bond acceptors (Lipinski definition) is 6. The van der Waals surface area contributed by atoms with Crippen LogP contribution >= 0.6 is 0 Å². The summed E-state index contributed by atoms with van der Waals surface area (Å²) in [6.45, 7) is 0.145. The predicted molar refractivity (Wildman–Crippen MR) is 77.7 cm³/mol. The molecule has 0 saturated carbocycles. The number of urea groups is 1. The number of carbonyl (C=O) groups excluding carboxylic acids is 1. The lowest BCUT2D eigenvalue weighted by Crippen LogP contribution is -2.41. The van der Waals surface area contributed by atoms with Crippen molar-refractivity contribution in [1.29, 1.82) is 0 Å². The Morgan fingerprint density at radius 1 is 1.26 bits per heavy atom. The summed E-state index contributed by atoms with van der Waals surface area (Å²) >= 11 is 0. The first-order valence-electron chi connectivity index (χ1n) is 6.98. The molecular formula is C14H18N2O7. The van der Waals surface area contributed by atoms with Crippen molar-refractivity contribution >= 4 is 12.0 Å². The zero-order valence-corrected chi connectivity index (χ0v) is 12.3. The molecule has 4 N–H and O–H groups in total.